The van der Waals surface area contributed by atoms with Crippen LogP contribution in [0.1, 0.15) is 18.3 Å². The molecule has 2 aromatic heterocycles. The molecule has 0 aromatic carbocycles. The van der Waals surface area contributed by atoms with Gasteiger partial charge in [-0.3, -0.25) is 9.36 Å². The van der Waals surface area contributed by atoms with Gasteiger partial charge in [0.25, 0.3) is 0 Å². The van der Waals surface area contributed by atoms with E-state index >= 15 is 0 Å². The van der Waals surface area contributed by atoms with Crippen molar-refractivity contribution in [3.63, 3.8) is 0 Å². The molecule has 0 aliphatic carbocycles. The molecule has 0 amide bonds. The molecular weight excluding hydrogens is 295 g/mol. The van der Waals surface area contributed by atoms with Gasteiger partial charge >= 0.3 is 6.18 Å². The molecule has 20 heavy (non-hydrogen) atoms. The number of anilines is 1. The van der Waals surface area contributed by atoms with Crippen molar-refractivity contribution in [1.82, 2.24) is 19.6 Å². The average molecular weight is 310 g/mol. The first kappa shape index (κ1) is 16.4. The molecule has 0 unspecified atom stereocenters. The zero-order valence-electron chi connectivity index (χ0n) is 11.0. The van der Waals surface area contributed by atoms with Crippen LogP contribution in [0.4, 0.5) is 18.9 Å². The summed E-state index contributed by atoms with van der Waals surface area (Å²) < 4.78 is 40.7. The monoisotopic (exact) mass is 309 g/mol. The van der Waals surface area contributed by atoms with Crippen LogP contribution in [0.2, 0.25) is 0 Å². The van der Waals surface area contributed by atoms with Crippen LogP contribution >= 0.6 is 12.4 Å². The number of nitrogens with zero attached hydrogens (tertiary/aromatic N) is 4. The Balaban J connectivity index is 0.00000200. The number of aryl methyl sites for hydroxylation is 1. The lowest BCUT2D eigenvalue weighted by Gasteiger charge is -2.04. The van der Waals surface area contributed by atoms with E-state index in [9.17, 15) is 13.2 Å². The number of rotatable bonds is 4. The van der Waals surface area contributed by atoms with E-state index in [1.165, 1.54) is 4.68 Å². The summed E-state index contributed by atoms with van der Waals surface area (Å²) in [5.41, 5.74) is 0.407. The van der Waals surface area contributed by atoms with Gasteiger partial charge in [0, 0.05) is 19.8 Å². The molecule has 2 rings (SSSR count). The van der Waals surface area contributed by atoms with Crippen molar-refractivity contribution in [3.05, 3.63) is 29.8 Å². The third-order valence-electron chi connectivity index (χ3n) is 2.70. The summed E-state index contributed by atoms with van der Waals surface area (Å²) in [6.45, 7) is 2.38. The van der Waals surface area contributed by atoms with Crippen LogP contribution in [0.3, 0.4) is 0 Å². The number of halogens is 4. The number of nitrogens with one attached hydrogen (secondary N) is 1. The van der Waals surface area contributed by atoms with Crippen LogP contribution in [-0.4, -0.2) is 26.6 Å². The van der Waals surface area contributed by atoms with Crippen molar-refractivity contribution in [2.75, 3.05) is 12.4 Å². The van der Waals surface area contributed by atoms with E-state index < -0.39 is 11.9 Å². The molecule has 0 saturated heterocycles. The van der Waals surface area contributed by atoms with Crippen molar-refractivity contribution in [2.24, 2.45) is 0 Å². The molecule has 0 fully saturated rings. The zero-order chi connectivity index (χ0) is 14.0. The summed E-state index contributed by atoms with van der Waals surface area (Å²) in [7, 11) is 1.75. The molecule has 0 spiro atoms. The minimum Gasteiger partial charge on any atom is -0.386 e. The van der Waals surface area contributed by atoms with E-state index in [0.29, 0.717) is 12.2 Å². The standard InChI is InChI=1S/C11H14F3N5.ClH/c1-3-19-9(4-10(17-19)11(12,13)14)7-18-6-8(15-2)5-16-18;/h4-6,15H,3,7H2,1-2H3;1H. The summed E-state index contributed by atoms with van der Waals surface area (Å²) in [6.07, 6.45) is -1.09. The Kier molecular flexibility index (Phi) is 5.04. The maximum atomic E-state index is 12.6. The number of hydrogen-bond donors (Lipinski definition) is 1. The number of alkyl halides is 3. The molecular formula is C11H15ClF3N5. The van der Waals surface area contributed by atoms with E-state index in [0.717, 1.165) is 11.8 Å². The van der Waals surface area contributed by atoms with Crippen LogP contribution in [0.5, 0.6) is 0 Å². The van der Waals surface area contributed by atoms with Crippen molar-refractivity contribution in [2.45, 2.75) is 26.2 Å². The Bertz CT molecular complexity index is 561. The van der Waals surface area contributed by atoms with E-state index in [-0.39, 0.29) is 19.0 Å². The quantitative estimate of drug-likeness (QED) is 0.944. The molecule has 0 saturated carbocycles. The normalized spacial score (nSPS) is 11.2. The Labute approximate surface area is 120 Å². The first-order chi connectivity index (χ1) is 8.94. The topological polar surface area (TPSA) is 47.7 Å². The highest BCUT2D eigenvalue weighted by atomic mass is 35.5. The third-order valence-corrected chi connectivity index (χ3v) is 2.70. The van der Waals surface area contributed by atoms with Gasteiger partial charge in [-0.15, -0.1) is 12.4 Å². The fourth-order valence-corrected chi connectivity index (χ4v) is 1.74. The van der Waals surface area contributed by atoms with Crippen molar-refractivity contribution in [3.8, 4) is 0 Å². The van der Waals surface area contributed by atoms with E-state index in [1.54, 1.807) is 31.0 Å². The van der Waals surface area contributed by atoms with Crippen molar-refractivity contribution in [1.29, 1.82) is 0 Å². The van der Waals surface area contributed by atoms with Crippen molar-refractivity contribution >= 4 is 18.1 Å². The Morgan fingerprint density at radius 3 is 2.55 bits per heavy atom. The molecule has 2 heterocycles. The van der Waals surface area contributed by atoms with Crippen LogP contribution in [-0.2, 0) is 19.3 Å². The van der Waals surface area contributed by atoms with Crippen molar-refractivity contribution < 1.29 is 13.2 Å². The van der Waals surface area contributed by atoms with Gasteiger partial charge in [-0.25, -0.2) is 0 Å². The molecule has 2 aromatic rings. The number of aromatic nitrogens is 4. The van der Waals surface area contributed by atoms with Gasteiger partial charge in [0.05, 0.1) is 24.1 Å². The Morgan fingerprint density at radius 1 is 1.35 bits per heavy atom. The van der Waals surface area contributed by atoms with Gasteiger partial charge in [-0.1, -0.05) is 0 Å². The minimum absolute atomic E-state index is 0. The maximum Gasteiger partial charge on any atom is 0.435 e. The van der Waals surface area contributed by atoms with Gasteiger partial charge in [0.1, 0.15) is 0 Å². The minimum atomic E-state index is -4.42. The second kappa shape index (κ2) is 6.17. The Morgan fingerprint density at radius 2 is 2.05 bits per heavy atom. The number of hydrogen-bond acceptors (Lipinski definition) is 3. The lowest BCUT2D eigenvalue weighted by Crippen LogP contribution is -2.09. The summed E-state index contributed by atoms with van der Waals surface area (Å²) in [4.78, 5) is 0. The smallest absolute Gasteiger partial charge is 0.386 e. The molecule has 0 aliphatic rings. The molecule has 9 heteroatoms. The predicted octanol–water partition coefficient (Wildman–Crippen LogP) is 2.63. The molecule has 0 radical (unpaired) electrons. The molecule has 112 valence electrons. The first-order valence-corrected chi connectivity index (χ1v) is 5.78. The molecule has 5 nitrogen and oxygen atoms in total. The van der Waals surface area contributed by atoms with Crippen LogP contribution in [0.15, 0.2) is 18.5 Å². The first-order valence-electron chi connectivity index (χ1n) is 5.78. The van der Waals surface area contributed by atoms with Gasteiger partial charge in [0.2, 0.25) is 0 Å². The van der Waals surface area contributed by atoms with Gasteiger partial charge in [0.15, 0.2) is 5.69 Å². The predicted molar refractivity (Wildman–Crippen MR) is 71.0 cm³/mol. The van der Waals surface area contributed by atoms with E-state index in [4.69, 9.17) is 0 Å². The molecule has 0 bridgehead atoms. The Hall–Kier alpha value is -1.70. The van der Waals surface area contributed by atoms with E-state index in [2.05, 4.69) is 15.5 Å². The fourth-order valence-electron chi connectivity index (χ4n) is 1.74. The molecule has 0 atom stereocenters. The SMILES string of the molecule is CCn1nc(C(F)(F)F)cc1Cn1cc(NC)cn1.Cl. The lowest BCUT2D eigenvalue weighted by atomic mass is 10.3. The van der Waals surface area contributed by atoms with Gasteiger partial charge < -0.3 is 5.32 Å². The van der Waals surface area contributed by atoms with E-state index in [1.807, 2.05) is 0 Å². The van der Waals surface area contributed by atoms with Gasteiger partial charge in [-0.2, -0.15) is 23.4 Å². The second-order valence-electron chi connectivity index (χ2n) is 4.01. The highest BCUT2D eigenvalue weighted by Gasteiger charge is 2.34. The summed E-state index contributed by atoms with van der Waals surface area (Å²) >= 11 is 0. The largest absolute Gasteiger partial charge is 0.435 e. The average Bonchev–Trinajstić information content (AvgIpc) is 2.95. The van der Waals surface area contributed by atoms with Crippen LogP contribution in [0.25, 0.3) is 0 Å². The van der Waals surface area contributed by atoms with Crippen LogP contribution in [0, 0.1) is 0 Å². The third kappa shape index (κ3) is 3.44. The second-order valence-corrected chi connectivity index (χ2v) is 4.01. The van der Waals surface area contributed by atoms with Crippen LogP contribution < -0.4 is 5.32 Å². The summed E-state index contributed by atoms with van der Waals surface area (Å²) in [6, 6.07) is 1.06. The summed E-state index contributed by atoms with van der Waals surface area (Å²) in [5.74, 6) is 0. The maximum absolute atomic E-state index is 12.6. The fraction of sp³-hybridized carbons (Fsp3) is 0.455. The molecule has 1 N–H and O–H groups in total. The molecule has 0 aliphatic heterocycles. The van der Waals surface area contributed by atoms with Gasteiger partial charge in [-0.05, 0) is 13.0 Å². The summed E-state index contributed by atoms with van der Waals surface area (Å²) in [5, 5.41) is 10.5. The lowest BCUT2D eigenvalue weighted by molar-refractivity contribution is -0.141. The zero-order valence-corrected chi connectivity index (χ0v) is 11.8. The highest BCUT2D eigenvalue weighted by molar-refractivity contribution is 5.85. The highest BCUT2D eigenvalue weighted by Crippen LogP contribution is 2.28.